The molecule has 2 fully saturated rings. The molecule has 124 valence electrons. The first-order valence-corrected chi connectivity index (χ1v) is 8.31. The molecule has 0 spiro atoms. The summed E-state index contributed by atoms with van der Waals surface area (Å²) in [5.74, 6) is 0.528. The summed E-state index contributed by atoms with van der Waals surface area (Å²) in [6, 6.07) is 3.02. The van der Waals surface area contributed by atoms with Crippen molar-refractivity contribution in [2.75, 3.05) is 24.5 Å². The summed E-state index contributed by atoms with van der Waals surface area (Å²) in [5, 5.41) is 9.25. The van der Waals surface area contributed by atoms with Crippen molar-refractivity contribution in [1.29, 1.82) is 0 Å². The highest BCUT2D eigenvalue weighted by Crippen LogP contribution is 2.24. The molecule has 6 nitrogen and oxygen atoms in total. The van der Waals surface area contributed by atoms with Crippen molar-refractivity contribution in [3.8, 4) is 0 Å². The molecule has 1 aromatic heterocycles. The largest absolute Gasteiger partial charge is 0.480 e. The first kappa shape index (κ1) is 15.8. The average molecular weight is 317 g/mol. The van der Waals surface area contributed by atoms with Crippen molar-refractivity contribution >= 4 is 17.7 Å². The van der Waals surface area contributed by atoms with E-state index in [0.29, 0.717) is 30.3 Å². The minimum Gasteiger partial charge on any atom is -0.480 e. The first-order chi connectivity index (χ1) is 11.1. The number of piperidine rings is 1. The van der Waals surface area contributed by atoms with Crippen LogP contribution in [0.3, 0.4) is 0 Å². The Balaban J connectivity index is 1.69. The zero-order chi connectivity index (χ0) is 16.4. The molecule has 3 heterocycles. The highest BCUT2D eigenvalue weighted by atomic mass is 16.4. The van der Waals surface area contributed by atoms with Crippen LogP contribution in [0.5, 0.6) is 0 Å². The predicted octanol–water partition coefficient (Wildman–Crippen LogP) is 2.01. The second kappa shape index (κ2) is 6.56. The van der Waals surface area contributed by atoms with E-state index in [9.17, 15) is 14.7 Å². The van der Waals surface area contributed by atoms with Crippen molar-refractivity contribution in [1.82, 2.24) is 9.88 Å². The SMILES string of the molecule is CC1CCN(C(=O)c2ccc(N3CCCC3C(=O)O)nc2)CC1. The average Bonchev–Trinajstić information content (AvgIpc) is 3.05. The maximum Gasteiger partial charge on any atom is 0.326 e. The number of aliphatic carboxylic acids is 1. The third kappa shape index (κ3) is 3.30. The van der Waals surface area contributed by atoms with E-state index >= 15 is 0 Å². The number of anilines is 1. The molecular formula is C17H23N3O3. The first-order valence-electron chi connectivity index (χ1n) is 8.31. The Kier molecular flexibility index (Phi) is 4.50. The van der Waals surface area contributed by atoms with Gasteiger partial charge in [0.15, 0.2) is 0 Å². The molecule has 1 aromatic rings. The number of carboxylic acids is 1. The molecule has 1 unspecified atom stereocenters. The number of amides is 1. The number of carbonyl (C=O) groups is 2. The quantitative estimate of drug-likeness (QED) is 0.923. The molecule has 0 aromatic carbocycles. The molecule has 3 rings (SSSR count). The molecule has 2 aliphatic heterocycles. The van der Waals surface area contributed by atoms with Crippen LogP contribution in [-0.4, -0.2) is 52.5 Å². The molecule has 23 heavy (non-hydrogen) atoms. The van der Waals surface area contributed by atoms with E-state index in [1.54, 1.807) is 23.2 Å². The number of carbonyl (C=O) groups excluding carboxylic acids is 1. The third-order valence-electron chi connectivity index (χ3n) is 4.90. The molecule has 0 saturated carbocycles. The van der Waals surface area contributed by atoms with Crippen LogP contribution in [0.1, 0.15) is 43.0 Å². The maximum atomic E-state index is 12.5. The number of pyridine rings is 1. The summed E-state index contributed by atoms with van der Waals surface area (Å²) in [5.41, 5.74) is 0.578. The van der Waals surface area contributed by atoms with E-state index in [2.05, 4.69) is 11.9 Å². The lowest BCUT2D eigenvalue weighted by Gasteiger charge is -2.30. The number of nitrogens with zero attached hydrogens (tertiary/aromatic N) is 3. The van der Waals surface area contributed by atoms with Crippen LogP contribution in [0.2, 0.25) is 0 Å². The van der Waals surface area contributed by atoms with E-state index in [1.807, 2.05) is 4.90 Å². The van der Waals surface area contributed by atoms with Crippen molar-refractivity contribution in [2.45, 2.75) is 38.6 Å². The van der Waals surface area contributed by atoms with E-state index in [1.165, 1.54) is 0 Å². The Morgan fingerprint density at radius 3 is 2.52 bits per heavy atom. The van der Waals surface area contributed by atoms with Gasteiger partial charge in [0, 0.05) is 25.8 Å². The highest BCUT2D eigenvalue weighted by molar-refractivity contribution is 5.94. The molecule has 2 saturated heterocycles. The van der Waals surface area contributed by atoms with Gasteiger partial charge in [-0.1, -0.05) is 6.92 Å². The van der Waals surface area contributed by atoms with Gasteiger partial charge in [-0.3, -0.25) is 4.79 Å². The second-order valence-corrected chi connectivity index (χ2v) is 6.57. The van der Waals surface area contributed by atoms with Gasteiger partial charge in [0.05, 0.1) is 5.56 Å². The lowest BCUT2D eigenvalue weighted by atomic mass is 9.99. The van der Waals surface area contributed by atoms with Gasteiger partial charge < -0.3 is 14.9 Å². The molecule has 0 aliphatic carbocycles. The summed E-state index contributed by atoms with van der Waals surface area (Å²) < 4.78 is 0. The Morgan fingerprint density at radius 2 is 1.91 bits per heavy atom. The van der Waals surface area contributed by atoms with E-state index in [4.69, 9.17) is 0 Å². The molecule has 1 N–H and O–H groups in total. The van der Waals surface area contributed by atoms with Crippen molar-refractivity contribution in [3.05, 3.63) is 23.9 Å². The third-order valence-corrected chi connectivity index (χ3v) is 4.90. The molecule has 1 atom stereocenters. The zero-order valence-corrected chi connectivity index (χ0v) is 13.4. The van der Waals surface area contributed by atoms with Crippen molar-refractivity contribution in [2.24, 2.45) is 5.92 Å². The summed E-state index contributed by atoms with van der Waals surface area (Å²) in [4.78, 5) is 31.8. The number of hydrogen-bond donors (Lipinski definition) is 1. The van der Waals surface area contributed by atoms with Gasteiger partial charge in [0.1, 0.15) is 11.9 Å². The van der Waals surface area contributed by atoms with Gasteiger partial charge >= 0.3 is 5.97 Å². The zero-order valence-electron chi connectivity index (χ0n) is 13.4. The van der Waals surface area contributed by atoms with Gasteiger partial charge in [-0.25, -0.2) is 9.78 Å². The van der Waals surface area contributed by atoms with Gasteiger partial charge in [0.2, 0.25) is 0 Å². The highest BCUT2D eigenvalue weighted by Gasteiger charge is 2.31. The minimum atomic E-state index is -0.813. The topological polar surface area (TPSA) is 73.7 Å². The number of carboxylic acid groups (broad SMARTS) is 1. The lowest BCUT2D eigenvalue weighted by molar-refractivity contribution is -0.138. The summed E-state index contributed by atoms with van der Waals surface area (Å²) >= 11 is 0. The Bertz CT molecular complexity index is 579. The molecule has 1 amide bonds. The number of likely N-dealkylation sites (tertiary alicyclic amines) is 1. The number of hydrogen-bond acceptors (Lipinski definition) is 4. The predicted molar refractivity (Wildman–Crippen MR) is 86.5 cm³/mol. The van der Waals surface area contributed by atoms with Crippen LogP contribution in [-0.2, 0) is 4.79 Å². The normalized spacial score (nSPS) is 22.4. The van der Waals surface area contributed by atoms with Crippen molar-refractivity contribution < 1.29 is 14.7 Å². The fourth-order valence-electron chi connectivity index (χ4n) is 3.37. The lowest BCUT2D eigenvalue weighted by Crippen LogP contribution is -2.38. The Hall–Kier alpha value is -2.11. The van der Waals surface area contributed by atoms with Gasteiger partial charge in [0.25, 0.3) is 5.91 Å². The van der Waals surface area contributed by atoms with Crippen LogP contribution in [0.4, 0.5) is 5.82 Å². The minimum absolute atomic E-state index is 0.0205. The maximum absolute atomic E-state index is 12.5. The molecule has 0 radical (unpaired) electrons. The van der Waals surface area contributed by atoms with Crippen LogP contribution in [0.15, 0.2) is 18.3 Å². The van der Waals surface area contributed by atoms with E-state index in [0.717, 1.165) is 32.4 Å². The summed E-state index contributed by atoms with van der Waals surface area (Å²) in [6.07, 6.45) is 5.17. The fourth-order valence-corrected chi connectivity index (χ4v) is 3.37. The van der Waals surface area contributed by atoms with E-state index < -0.39 is 12.0 Å². The summed E-state index contributed by atoms with van der Waals surface area (Å²) in [7, 11) is 0. The van der Waals surface area contributed by atoms with Crippen LogP contribution < -0.4 is 4.90 Å². The molecule has 0 bridgehead atoms. The molecule has 6 heteroatoms. The molecular weight excluding hydrogens is 294 g/mol. The summed E-state index contributed by atoms with van der Waals surface area (Å²) in [6.45, 7) is 4.51. The van der Waals surface area contributed by atoms with Gasteiger partial charge in [-0.05, 0) is 43.7 Å². The number of rotatable bonds is 3. The van der Waals surface area contributed by atoms with Crippen molar-refractivity contribution in [3.63, 3.8) is 0 Å². The van der Waals surface area contributed by atoms with Crippen LogP contribution >= 0.6 is 0 Å². The Morgan fingerprint density at radius 1 is 1.17 bits per heavy atom. The number of aromatic nitrogens is 1. The monoisotopic (exact) mass is 317 g/mol. The van der Waals surface area contributed by atoms with Crippen LogP contribution in [0, 0.1) is 5.92 Å². The van der Waals surface area contributed by atoms with Gasteiger partial charge in [-0.15, -0.1) is 0 Å². The Labute approximate surface area is 136 Å². The van der Waals surface area contributed by atoms with Gasteiger partial charge in [-0.2, -0.15) is 0 Å². The smallest absolute Gasteiger partial charge is 0.326 e. The standard InChI is InChI=1S/C17H23N3O3/c1-12-6-9-19(10-7-12)16(21)13-4-5-15(18-11-13)20-8-2-3-14(20)17(22)23/h4-5,11-12,14H,2-3,6-10H2,1H3,(H,22,23). The second-order valence-electron chi connectivity index (χ2n) is 6.57. The molecule has 2 aliphatic rings. The van der Waals surface area contributed by atoms with E-state index in [-0.39, 0.29) is 5.91 Å². The van der Waals surface area contributed by atoms with Crippen LogP contribution in [0.25, 0.3) is 0 Å². The fraction of sp³-hybridized carbons (Fsp3) is 0.588.